The van der Waals surface area contributed by atoms with Crippen LogP contribution in [0.25, 0.3) is 19.5 Å². The molecule has 4 aromatic heterocycles. The Morgan fingerprint density at radius 3 is 0.891 bits per heavy atom. The van der Waals surface area contributed by atoms with Gasteiger partial charge in [0.25, 0.3) is 0 Å². The van der Waals surface area contributed by atoms with Gasteiger partial charge in [-0.2, -0.15) is 0 Å². The zero-order valence-electron chi connectivity index (χ0n) is 43.1. The molecule has 0 saturated carbocycles. The van der Waals surface area contributed by atoms with E-state index in [1.54, 1.807) is 29.9 Å². The molecule has 4 unspecified atom stereocenters. The van der Waals surface area contributed by atoms with E-state index in [0.717, 1.165) is 23.7 Å². The zero-order chi connectivity index (χ0) is 47.0. The topological polar surface area (TPSA) is 0 Å². The molecular weight excluding hydrogens is 1230 g/mol. The maximum absolute atomic E-state index is 3.85. The summed E-state index contributed by atoms with van der Waals surface area (Å²) in [6.07, 6.45) is 22.1. The van der Waals surface area contributed by atoms with E-state index in [9.17, 15) is 0 Å². The third kappa shape index (κ3) is 13.2. The van der Waals surface area contributed by atoms with Crippen molar-refractivity contribution < 1.29 is 0 Å². The van der Waals surface area contributed by atoms with Crippen LogP contribution in [-0.4, -0.2) is 52.9 Å². The fourth-order valence-electron chi connectivity index (χ4n) is 11.4. The van der Waals surface area contributed by atoms with Crippen LogP contribution >= 0.6 is 77.2 Å². The Morgan fingerprint density at radius 2 is 0.656 bits per heavy atom. The van der Waals surface area contributed by atoms with Crippen LogP contribution < -0.4 is 26.5 Å². The van der Waals surface area contributed by atoms with Gasteiger partial charge in [-0.1, -0.05) is 79.1 Å². The van der Waals surface area contributed by atoms with Crippen LogP contribution in [0.4, 0.5) is 0 Å². The number of rotatable bonds is 26. The summed E-state index contributed by atoms with van der Waals surface area (Å²) in [5, 5.41) is 7.39. The van der Waals surface area contributed by atoms with Crippen molar-refractivity contribution in [3.63, 3.8) is 0 Å². The monoisotopic (exact) mass is 1320 g/mol. The molecule has 0 fully saturated rings. The predicted molar refractivity (Wildman–Crippen MR) is 319 cm³/mol. The largest absolute Gasteiger partial charge is 0.127 e. The summed E-state index contributed by atoms with van der Waals surface area (Å²) in [7, 11) is -3.51. The Bertz CT molecular complexity index is 1900. The van der Waals surface area contributed by atoms with E-state index in [1.165, 1.54) is 134 Å². The molecule has 0 spiro atoms. The smallest absolute Gasteiger partial charge is 0.122 e. The van der Waals surface area contributed by atoms with E-state index in [4.69, 9.17) is 0 Å². The molecule has 0 aromatic carbocycles. The fraction of sp³-hybridized carbons (Fsp3) is 0.704. The first-order chi connectivity index (χ1) is 30.4. The maximum atomic E-state index is 3.85. The molecule has 4 aromatic rings. The standard InChI is InChI=1S/C24H36Br2S2Si.C24H36S2Si.6CH3.2Sn/c1-5-9-11-17(7-3)15-29(16-18(8-4)12-10-6-2)19-13-21(25)27-23(19)24-20(29)14-22(26)28-24;1-5-9-11-19(7-3)17-27(18-20(8-4)12-10-6-2)21-13-15-25-23(21)24-22(27)14-16-26-24;;;;;;;;/h13-14,17-18H,5-12,15-16H2,1-4H3;13-14,19-20H,5-12,17-18H2,1-4H3;6*1H3;;. The van der Waals surface area contributed by atoms with E-state index in [1.807, 2.05) is 38.8 Å². The van der Waals surface area contributed by atoms with Crippen molar-refractivity contribution in [1.82, 2.24) is 0 Å². The molecule has 2 aliphatic rings. The molecule has 0 N–H and O–H groups in total. The molecule has 64 heavy (non-hydrogen) atoms. The Morgan fingerprint density at radius 1 is 0.406 bits per heavy atom. The average Bonchev–Trinajstić information content (AvgIpc) is 4.11. The number of hydrogen-bond acceptors (Lipinski definition) is 4. The second kappa shape index (κ2) is 25.4. The molecule has 0 radical (unpaired) electrons. The van der Waals surface area contributed by atoms with Crippen LogP contribution in [0.15, 0.2) is 31.8 Å². The summed E-state index contributed by atoms with van der Waals surface area (Å²) < 4.78 is 6.34. The van der Waals surface area contributed by atoms with Crippen LogP contribution in [-0.2, 0) is 0 Å². The minimum absolute atomic E-state index is 0.876. The molecule has 0 saturated heterocycles. The minimum Gasteiger partial charge on any atom is -0.127 e. The summed E-state index contributed by atoms with van der Waals surface area (Å²) >= 11 is 12.0. The molecule has 4 atom stereocenters. The first-order valence-corrected chi connectivity index (χ1v) is 55.9. The second-order valence-corrected chi connectivity index (χ2v) is 68.4. The number of fused-ring (bicyclic) bond motifs is 6. The van der Waals surface area contributed by atoms with Crippen LogP contribution in [0, 0.1) is 23.7 Å². The SMILES string of the molecule is CCCCC(CC)C[Si]1(CC(CC)CCCC)c2c[c]([Sn]([CH3])([CH3])[CH3])sc2-c2s[c]([Sn]([CH3])([CH3])[CH3])cc21.CCCCC(CC)C[Si]1(CC(CC)CCCC)c2cc(Br)sc2-c2sc(Br)cc21. The molecule has 10 heteroatoms. The summed E-state index contributed by atoms with van der Waals surface area (Å²) in [4.78, 5) is 22.6. The normalized spacial score (nSPS) is 16.8. The molecule has 360 valence electrons. The zero-order valence-corrected chi connectivity index (χ0v) is 57.3. The summed E-state index contributed by atoms with van der Waals surface area (Å²) in [6, 6.07) is 16.7. The number of hydrogen-bond donors (Lipinski definition) is 0. The fourth-order valence-corrected chi connectivity index (χ4v) is 44.8. The molecule has 0 aliphatic carbocycles. The second-order valence-electron chi connectivity index (χ2n) is 22.4. The van der Waals surface area contributed by atoms with E-state index in [2.05, 4.69) is 164 Å². The van der Waals surface area contributed by atoms with Crippen molar-refractivity contribution >= 4 is 157 Å². The van der Waals surface area contributed by atoms with Gasteiger partial charge in [0.1, 0.15) is 8.07 Å². The van der Waals surface area contributed by atoms with Gasteiger partial charge in [0.2, 0.25) is 0 Å². The third-order valence-electron chi connectivity index (χ3n) is 15.5. The first kappa shape index (κ1) is 56.7. The Labute approximate surface area is 438 Å². The van der Waals surface area contributed by atoms with E-state index in [0.29, 0.717) is 0 Å². The number of thiophene rings is 4. The van der Waals surface area contributed by atoms with Gasteiger partial charge >= 0.3 is 238 Å². The third-order valence-corrected chi connectivity index (χ3v) is 51.8. The molecule has 2 aliphatic heterocycles. The van der Waals surface area contributed by atoms with Gasteiger partial charge in [0, 0.05) is 9.75 Å². The van der Waals surface area contributed by atoms with E-state index >= 15 is 0 Å². The van der Waals surface area contributed by atoms with E-state index in [-0.39, 0.29) is 0 Å². The van der Waals surface area contributed by atoms with Crippen LogP contribution in [0.1, 0.15) is 158 Å². The van der Waals surface area contributed by atoms with Crippen molar-refractivity contribution in [1.29, 1.82) is 0 Å². The Kier molecular flexibility index (Phi) is 22.5. The quantitative estimate of drug-likeness (QED) is 0.0550. The number of unbranched alkanes of at least 4 members (excludes halogenated alkanes) is 4. The summed E-state index contributed by atoms with van der Waals surface area (Å²) in [5.74, 6) is 3.57. The Hall–Kier alpha value is 1.79. The van der Waals surface area contributed by atoms with Crippen LogP contribution in [0.2, 0.25) is 53.8 Å². The van der Waals surface area contributed by atoms with E-state index < -0.39 is 52.9 Å². The van der Waals surface area contributed by atoms with Gasteiger partial charge in [0.15, 0.2) is 0 Å². The minimum atomic E-state index is -2.12. The van der Waals surface area contributed by atoms with Crippen molar-refractivity contribution in [2.45, 2.75) is 212 Å². The van der Waals surface area contributed by atoms with Gasteiger partial charge in [-0.25, -0.2) is 0 Å². The summed E-state index contributed by atoms with van der Waals surface area (Å²) in [5.41, 5.74) is 0. The van der Waals surface area contributed by atoms with Gasteiger partial charge in [-0.3, -0.25) is 0 Å². The van der Waals surface area contributed by atoms with Gasteiger partial charge < -0.3 is 0 Å². The first-order valence-electron chi connectivity index (χ1n) is 26.3. The number of halogens is 2. The van der Waals surface area contributed by atoms with Gasteiger partial charge in [-0.05, 0) is 78.3 Å². The van der Waals surface area contributed by atoms with Crippen LogP contribution in [0.3, 0.4) is 0 Å². The predicted octanol–water partition coefficient (Wildman–Crippen LogP) is 18.2. The van der Waals surface area contributed by atoms with Crippen molar-refractivity contribution in [3.05, 3.63) is 31.8 Å². The van der Waals surface area contributed by atoms with Crippen molar-refractivity contribution in [2.24, 2.45) is 23.7 Å². The molecule has 0 nitrogen and oxygen atoms in total. The summed E-state index contributed by atoms with van der Waals surface area (Å²) in [6.45, 7) is 19.3. The molecule has 6 heterocycles. The van der Waals surface area contributed by atoms with Crippen LogP contribution in [0.5, 0.6) is 0 Å². The maximum Gasteiger partial charge on any atom is 0.122 e. The Balaban J connectivity index is 0.000000245. The molecule has 0 amide bonds. The van der Waals surface area contributed by atoms with Crippen molar-refractivity contribution in [2.75, 3.05) is 0 Å². The molecular formula is C54H90Br2S4Si2Sn2. The molecule has 0 bridgehead atoms. The van der Waals surface area contributed by atoms with Gasteiger partial charge in [-0.15, -0.1) is 22.7 Å². The van der Waals surface area contributed by atoms with Crippen molar-refractivity contribution in [3.8, 4) is 19.5 Å². The molecule has 6 rings (SSSR count). The average molecular weight is 1320 g/mol. The van der Waals surface area contributed by atoms with Gasteiger partial charge in [0.05, 0.1) is 7.57 Å².